The van der Waals surface area contributed by atoms with Gasteiger partial charge in [-0.3, -0.25) is 14.9 Å². The maximum atomic E-state index is 15.3. The minimum absolute atomic E-state index is 0.00583. The van der Waals surface area contributed by atoms with E-state index in [0.717, 1.165) is 36.8 Å². The van der Waals surface area contributed by atoms with Crippen molar-refractivity contribution in [3.63, 3.8) is 0 Å². The van der Waals surface area contributed by atoms with Gasteiger partial charge in [0.15, 0.2) is 17.3 Å². The van der Waals surface area contributed by atoms with Crippen LogP contribution in [0.2, 0.25) is 0 Å². The summed E-state index contributed by atoms with van der Waals surface area (Å²) < 4.78 is 28.7. The maximum Gasteiger partial charge on any atom is 0.227 e. The zero-order valence-electron chi connectivity index (χ0n) is 21.2. The Bertz CT molecular complexity index is 1890. The van der Waals surface area contributed by atoms with Crippen molar-refractivity contribution in [1.29, 1.82) is 0 Å². The summed E-state index contributed by atoms with van der Waals surface area (Å²) in [5.41, 5.74) is 5.21. The SMILES string of the molecule is O=C(Nc1cncc(-c2cc(F)c3n[nH]c(-c4nc5nccc(-c6ccc(F)cc6)c5[nH]4)c3c2)c1)C1CCCC1. The van der Waals surface area contributed by atoms with Crippen molar-refractivity contribution in [3.05, 3.63) is 78.8 Å². The Morgan fingerprint density at radius 2 is 1.77 bits per heavy atom. The first-order valence-electron chi connectivity index (χ1n) is 13.1. The van der Waals surface area contributed by atoms with Crippen molar-refractivity contribution in [2.45, 2.75) is 25.7 Å². The van der Waals surface area contributed by atoms with Gasteiger partial charge in [-0.2, -0.15) is 5.10 Å². The largest absolute Gasteiger partial charge is 0.335 e. The molecule has 1 saturated carbocycles. The highest BCUT2D eigenvalue weighted by molar-refractivity contribution is 5.98. The number of H-pyrrole nitrogens is 2. The molecule has 1 fully saturated rings. The Hall–Kier alpha value is -4.99. The van der Waals surface area contributed by atoms with Crippen molar-refractivity contribution in [2.75, 3.05) is 5.32 Å². The first kappa shape index (κ1) is 24.1. The van der Waals surface area contributed by atoms with Gasteiger partial charge in [0.2, 0.25) is 5.91 Å². The number of amides is 1. The summed E-state index contributed by atoms with van der Waals surface area (Å²) >= 11 is 0. The van der Waals surface area contributed by atoms with Gasteiger partial charge in [0, 0.05) is 34.8 Å². The number of anilines is 1. The van der Waals surface area contributed by atoms with E-state index in [1.54, 1.807) is 36.8 Å². The van der Waals surface area contributed by atoms with Gasteiger partial charge in [0.05, 0.1) is 17.4 Å². The Labute approximate surface area is 226 Å². The maximum absolute atomic E-state index is 15.3. The van der Waals surface area contributed by atoms with Crippen molar-refractivity contribution in [3.8, 4) is 33.8 Å². The van der Waals surface area contributed by atoms with Gasteiger partial charge >= 0.3 is 0 Å². The number of rotatable bonds is 5. The lowest BCUT2D eigenvalue weighted by Crippen LogP contribution is -2.20. The fourth-order valence-corrected chi connectivity index (χ4v) is 5.42. The number of benzene rings is 2. The normalized spacial score (nSPS) is 13.8. The van der Waals surface area contributed by atoms with Crippen LogP contribution in [0.5, 0.6) is 0 Å². The highest BCUT2D eigenvalue weighted by Crippen LogP contribution is 2.34. The second-order valence-corrected chi connectivity index (χ2v) is 10.0. The standard InChI is InChI=1S/C30H23F2N7O/c31-20-7-5-16(6-8-20)22-9-10-34-28-26(22)36-29(37-28)27-23-12-18(13-24(32)25(23)38-39-27)19-11-21(15-33-14-19)35-30(40)17-3-1-2-4-17/h5-15,17H,1-4H2,(H,35,40)(H,38,39)(H,34,36,37). The van der Waals surface area contributed by atoms with E-state index < -0.39 is 5.82 Å². The van der Waals surface area contributed by atoms with Crippen molar-refractivity contribution in [2.24, 2.45) is 5.92 Å². The molecule has 0 aliphatic heterocycles. The van der Waals surface area contributed by atoms with Crippen LogP contribution in [0.25, 0.3) is 55.8 Å². The van der Waals surface area contributed by atoms with Crippen molar-refractivity contribution >= 4 is 33.7 Å². The third kappa shape index (κ3) is 4.27. The predicted molar refractivity (Wildman–Crippen MR) is 148 cm³/mol. The zero-order chi connectivity index (χ0) is 27.2. The van der Waals surface area contributed by atoms with Crippen LogP contribution in [0.3, 0.4) is 0 Å². The minimum Gasteiger partial charge on any atom is -0.335 e. The van der Waals surface area contributed by atoms with Crippen LogP contribution in [-0.4, -0.2) is 36.0 Å². The topological polar surface area (TPSA) is 112 Å². The minimum atomic E-state index is -0.503. The average Bonchev–Trinajstić information content (AvgIpc) is 3.73. The molecule has 3 N–H and O–H groups in total. The number of hydrogen-bond acceptors (Lipinski definition) is 5. The van der Waals surface area contributed by atoms with Crippen molar-refractivity contribution < 1.29 is 13.6 Å². The molecule has 1 amide bonds. The van der Waals surface area contributed by atoms with E-state index in [1.807, 2.05) is 12.1 Å². The number of carbonyl (C=O) groups excluding carboxylic acids is 1. The number of pyridine rings is 2. The lowest BCUT2D eigenvalue weighted by Gasteiger charge is -2.11. The predicted octanol–water partition coefficient (Wildman–Crippen LogP) is 6.64. The highest BCUT2D eigenvalue weighted by Gasteiger charge is 2.23. The number of halogens is 2. The van der Waals surface area contributed by atoms with Crippen molar-refractivity contribution in [1.82, 2.24) is 30.1 Å². The first-order chi connectivity index (χ1) is 19.5. The van der Waals surface area contributed by atoms with E-state index in [1.165, 1.54) is 18.2 Å². The number of nitrogens with zero attached hydrogens (tertiary/aromatic N) is 4. The van der Waals surface area contributed by atoms with Crippen LogP contribution >= 0.6 is 0 Å². The highest BCUT2D eigenvalue weighted by atomic mass is 19.1. The molecule has 0 saturated heterocycles. The van der Waals surface area contributed by atoms with Gasteiger partial charge in [-0.15, -0.1) is 0 Å². The average molecular weight is 536 g/mol. The van der Waals surface area contributed by atoms with Gasteiger partial charge in [0.25, 0.3) is 0 Å². The van der Waals surface area contributed by atoms with E-state index in [2.05, 4.69) is 35.5 Å². The van der Waals surface area contributed by atoms with E-state index in [-0.39, 0.29) is 23.2 Å². The Balaban J connectivity index is 1.27. The molecule has 0 bridgehead atoms. The van der Waals surface area contributed by atoms with Crippen LogP contribution in [0, 0.1) is 17.6 Å². The lowest BCUT2D eigenvalue weighted by molar-refractivity contribution is -0.119. The van der Waals surface area contributed by atoms with Gasteiger partial charge in [-0.25, -0.2) is 18.7 Å². The molecule has 7 rings (SSSR count). The number of hydrogen-bond donors (Lipinski definition) is 3. The summed E-state index contributed by atoms with van der Waals surface area (Å²) in [7, 11) is 0. The molecule has 0 unspecified atom stereocenters. The van der Waals surface area contributed by atoms with Gasteiger partial charge in [-0.05, 0) is 60.4 Å². The summed E-state index contributed by atoms with van der Waals surface area (Å²) in [6, 6.07) is 13.0. The molecule has 8 nitrogen and oxygen atoms in total. The first-order valence-corrected chi connectivity index (χ1v) is 13.1. The Kier molecular flexibility index (Phi) is 5.80. The lowest BCUT2D eigenvalue weighted by atomic mass is 10.0. The third-order valence-electron chi connectivity index (χ3n) is 7.46. The van der Waals surface area contributed by atoms with E-state index in [9.17, 15) is 9.18 Å². The van der Waals surface area contributed by atoms with Crippen LogP contribution < -0.4 is 5.32 Å². The smallest absolute Gasteiger partial charge is 0.227 e. The number of imidazole rings is 1. The van der Waals surface area contributed by atoms with Crippen LogP contribution in [-0.2, 0) is 4.79 Å². The van der Waals surface area contributed by atoms with Crippen LogP contribution in [0.4, 0.5) is 14.5 Å². The molecule has 6 aromatic rings. The molecule has 198 valence electrons. The van der Waals surface area contributed by atoms with E-state index in [4.69, 9.17) is 0 Å². The van der Waals surface area contributed by atoms with Gasteiger partial charge in [-0.1, -0.05) is 25.0 Å². The second kappa shape index (κ2) is 9.64. The van der Waals surface area contributed by atoms with Crippen LogP contribution in [0.1, 0.15) is 25.7 Å². The second-order valence-electron chi connectivity index (χ2n) is 10.0. The van der Waals surface area contributed by atoms with E-state index in [0.29, 0.717) is 44.9 Å². The fourth-order valence-electron chi connectivity index (χ4n) is 5.42. The summed E-state index contributed by atoms with van der Waals surface area (Å²) in [4.78, 5) is 29.2. The fraction of sp³-hybridized carbons (Fsp3) is 0.167. The molecule has 40 heavy (non-hydrogen) atoms. The summed E-state index contributed by atoms with van der Waals surface area (Å²) in [5, 5.41) is 10.6. The Morgan fingerprint density at radius 1 is 0.950 bits per heavy atom. The number of aromatic nitrogens is 6. The Morgan fingerprint density at radius 3 is 2.60 bits per heavy atom. The number of carbonyl (C=O) groups is 1. The summed E-state index contributed by atoms with van der Waals surface area (Å²) in [6.07, 6.45) is 8.79. The number of fused-ring (bicyclic) bond motifs is 2. The van der Waals surface area contributed by atoms with Crippen LogP contribution in [0.15, 0.2) is 67.1 Å². The molecule has 4 aromatic heterocycles. The molecule has 1 aliphatic carbocycles. The third-order valence-corrected chi connectivity index (χ3v) is 7.46. The molecule has 4 heterocycles. The van der Waals surface area contributed by atoms with Gasteiger partial charge in [0.1, 0.15) is 17.0 Å². The van der Waals surface area contributed by atoms with Gasteiger partial charge < -0.3 is 10.3 Å². The molecule has 0 spiro atoms. The molecule has 1 aliphatic rings. The number of aromatic amines is 2. The molecule has 2 aromatic carbocycles. The molecule has 0 radical (unpaired) electrons. The molecule has 0 atom stereocenters. The van der Waals surface area contributed by atoms with E-state index >= 15 is 4.39 Å². The summed E-state index contributed by atoms with van der Waals surface area (Å²) in [5.74, 6) is -0.372. The molecule has 10 heteroatoms. The summed E-state index contributed by atoms with van der Waals surface area (Å²) in [6.45, 7) is 0. The number of nitrogens with one attached hydrogen (secondary N) is 3. The molecular formula is C30H23F2N7O. The molecular weight excluding hydrogens is 512 g/mol. The quantitative estimate of drug-likeness (QED) is 0.229. The zero-order valence-corrected chi connectivity index (χ0v) is 21.2. The monoisotopic (exact) mass is 535 g/mol.